The number of aromatic nitrogens is 1. The summed E-state index contributed by atoms with van der Waals surface area (Å²) >= 11 is 0. The molecule has 1 amide bonds. The SMILES string of the molecule is CC(C)NS(=O)(=O)c1ccc(F)c(C(=O)NC2CCN(Cc3ccccn3)CC2C)c1. The van der Waals surface area contributed by atoms with Gasteiger partial charge in [0.25, 0.3) is 5.91 Å². The lowest BCUT2D eigenvalue weighted by atomic mass is 9.93. The van der Waals surface area contributed by atoms with Crippen LogP contribution in [0.15, 0.2) is 47.5 Å². The number of nitrogens with zero attached hydrogens (tertiary/aromatic N) is 2. The molecule has 0 aliphatic carbocycles. The van der Waals surface area contributed by atoms with Crippen LogP contribution in [0.2, 0.25) is 0 Å². The Balaban J connectivity index is 1.66. The Morgan fingerprint density at radius 3 is 2.71 bits per heavy atom. The predicted octanol–water partition coefficient (Wildman–Crippen LogP) is 2.55. The zero-order chi connectivity index (χ0) is 22.6. The van der Waals surface area contributed by atoms with E-state index in [1.54, 1.807) is 20.0 Å². The number of nitrogens with one attached hydrogen (secondary N) is 2. The lowest BCUT2D eigenvalue weighted by Crippen LogP contribution is -2.49. The minimum absolute atomic E-state index is 0.124. The number of hydrogen-bond acceptors (Lipinski definition) is 5. The summed E-state index contributed by atoms with van der Waals surface area (Å²) in [4.78, 5) is 19.3. The number of likely N-dealkylation sites (tertiary alicyclic amines) is 1. The topological polar surface area (TPSA) is 91.4 Å². The Labute approximate surface area is 183 Å². The van der Waals surface area contributed by atoms with Crippen molar-refractivity contribution >= 4 is 15.9 Å². The highest BCUT2D eigenvalue weighted by Crippen LogP contribution is 2.21. The van der Waals surface area contributed by atoms with Crippen LogP contribution in [0.5, 0.6) is 0 Å². The van der Waals surface area contributed by atoms with Crippen LogP contribution < -0.4 is 10.0 Å². The van der Waals surface area contributed by atoms with Gasteiger partial charge in [0.05, 0.1) is 16.2 Å². The van der Waals surface area contributed by atoms with Gasteiger partial charge in [0.15, 0.2) is 0 Å². The van der Waals surface area contributed by atoms with E-state index in [-0.39, 0.29) is 28.5 Å². The fourth-order valence-electron chi connectivity index (χ4n) is 3.78. The third-order valence-electron chi connectivity index (χ3n) is 5.30. The number of benzene rings is 1. The maximum Gasteiger partial charge on any atom is 0.254 e. The van der Waals surface area contributed by atoms with Crippen LogP contribution in [0, 0.1) is 11.7 Å². The first-order chi connectivity index (χ1) is 14.7. The molecule has 1 aliphatic rings. The molecule has 2 unspecified atom stereocenters. The summed E-state index contributed by atoms with van der Waals surface area (Å²) in [5, 5.41) is 2.89. The molecule has 2 aromatic rings. The van der Waals surface area contributed by atoms with Gasteiger partial charge < -0.3 is 5.32 Å². The van der Waals surface area contributed by atoms with E-state index in [1.165, 1.54) is 0 Å². The second kappa shape index (κ2) is 9.84. The smallest absolute Gasteiger partial charge is 0.254 e. The number of rotatable bonds is 7. The third-order valence-corrected chi connectivity index (χ3v) is 6.96. The highest BCUT2D eigenvalue weighted by atomic mass is 32.2. The zero-order valence-corrected chi connectivity index (χ0v) is 18.8. The molecule has 1 aliphatic heterocycles. The molecular formula is C22H29FN4O3S. The Kier molecular flexibility index (Phi) is 7.40. The van der Waals surface area contributed by atoms with Crippen molar-refractivity contribution in [2.45, 2.75) is 50.7 Å². The molecule has 9 heteroatoms. The minimum Gasteiger partial charge on any atom is -0.349 e. The fraction of sp³-hybridized carbons (Fsp3) is 0.455. The van der Waals surface area contributed by atoms with Gasteiger partial charge in [-0.2, -0.15) is 0 Å². The first kappa shape index (κ1) is 23.3. The van der Waals surface area contributed by atoms with E-state index in [0.29, 0.717) is 6.42 Å². The molecule has 168 valence electrons. The Morgan fingerprint density at radius 1 is 1.29 bits per heavy atom. The van der Waals surface area contributed by atoms with Crippen molar-refractivity contribution in [2.75, 3.05) is 13.1 Å². The van der Waals surface area contributed by atoms with Crippen LogP contribution in [0.3, 0.4) is 0 Å². The highest BCUT2D eigenvalue weighted by Gasteiger charge is 2.29. The maximum absolute atomic E-state index is 14.3. The minimum atomic E-state index is -3.82. The monoisotopic (exact) mass is 448 g/mol. The van der Waals surface area contributed by atoms with Gasteiger partial charge in [0, 0.05) is 37.9 Å². The number of sulfonamides is 1. The quantitative estimate of drug-likeness (QED) is 0.679. The van der Waals surface area contributed by atoms with Crippen molar-refractivity contribution in [3.8, 4) is 0 Å². The molecule has 1 aromatic carbocycles. The molecule has 0 spiro atoms. The largest absolute Gasteiger partial charge is 0.349 e. The van der Waals surface area contributed by atoms with E-state index < -0.39 is 21.7 Å². The molecule has 2 atom stereocenters. The molecule has 2 heterocycles. The van der Waals surface area contributed by atoms with Crippen molar-refractivity contribution < 1.29 is 17.6 Å². The molecule has 1 saturated heterocycles. The van der Waals surface area contributed by atoms with Crippen LogP contribution in [-0.2, 0) is 16.6 Å². The van der Waals surface area contributed by atoms with E-state index in [9.17, 15) is 17.6 Å². The normalized spacial score (nSPS) is 20.0. The second-order valence-corrected chi connectivity index (χ2v) is 10.0. The Hall–Kier alpha value is -2.36. The molecule has 0 radical (unpaired) electrons. The standard InChI is InChI=1S/C22H29FN4O3S/c1-15(2)26-31(29,30)18-7-8-20(23)19(12-18)22(28)25-21-9-11-27(13-16(21)3)14-17-6-4-5-10-24-17/h4-8,10,12,15-16,21,26H,9,11,13-14H2,1-3H3,(H,25,28). The van der Waals surface area contributed by atoms with Gasteiger partial charge in [-0.1, -0.05) is 13.0 Å². The second-order valence-electron chi connectivity index (χ2n) is 8.32. The highest BCUT2D eigenvalue weighted by molar-refractivity contribution is 7.89. The van der Waals surface area contributed by atoms with Crippen molar-refractivity contribution in [1.82, 2.24) is 19.9 Å². The van der Waals surface area contributed by atoms with Gasteiger partial charge in [-0.3, -0.25) is 14.7 Å². The number of piperidine rings is 1. The summed E-state index contributed by atoms with van der Waals surface area (Å²) in [5.74, 6) is -1.20. The molecule has 1 aromatic heterocycles. The zero-order valence-electron chi connectivity index (χ0n) is 18.0. The molecule has 7 nitrogen and oxygen atoms in total. The van der Waals surface area contributed by atoms with Crippen molar-refractivity contribution in [2.24, 2.45) is 5.92 Å². The number of hydrogen-bond donors (Lipinski definition) is 2. The van der Waals surface area contributed by atoms with Gasteiger partial charge in [-0.05, 0) is 56.5 Å². The summed E-state index contributed by atoms with van der Waals surface area (Å²) < 4.78 is 41.5. The van der Waals surface area contributed by atoms with Gasteiger partial charge in [0.2, 0.25) is 10.0 Å². The van der Waals surface area contributed by atoms with Gasteiger partial charge in [-0.15, -0.1) is 0 Å². The third kappa shape index (κ3) is 6.09. The van der Waals surface area contributed by atoms with E-state index in [1.807, 2.05) is 25.1 Å². The van der Waals surface area contributed by atoms with E-state index in [0.717, 1.165) is 43.5 Å². The van der Waals surface area contributed by atoms with Crippen molar-refractivity contribution in [3.63, 3.8) is 0 Å². The molecule has 0 saturated carbocycles. The maximum atomic E-state index is 14.3. The lowest BCUT2D eigenvalue weighted by molar-refractivity contribution is 0.0855. The number of carbonyl (C=O) groups is 1. The van der Waals surface area contributed by atoms with Crippen LogP contribution >= 0.6 is 0 Å². The first-order valence-electron chi connectivity index (χ1n) is 10.4. The lowest BCUT2D eigenvalue weighted by Gasteiger charge is -2.37. The van der Waals surface area contributed by atoms with Crippen LogP contribution in [0.25, 0.3) is 0 Å². The van der Waals surface area contributed by atoms with E-state index in [4.69, 9.17) is 0 Å². The molecule has 0 bridgehead atoms. The average Bonchev–Trinajstić information content (AvgIpc) is 2.70. The van der Waals surface area contributed by atoms with Gasteiger partial charge in [-0.25, -0.2) is 17.5 Å². The first-order valence-corrected chi connectivity index (χ1v) is 11.9. The summed E-state index contributed by atoms with van der Waals surface area (Å²) in [7, 11) is -3.82. The Morgan fingerprint density at radius 2 is 2.06 bits per heavy atom. The van der Waals surface area contributed by atoms with Gasteiger partial charge >= 0.3 is 0 Å². The summed E-state index contributed by atoms with van der Waals surface area (Å²) in [5.41, 5.74) is 0.724. The molecular weight excluding hydrogens is 419 g/mol. The molecule has 2 N–H and O–H groups in total. The summed E-state index contributed by atoms with van der Waals surface area (Å²) in [6, 6.07) is 8.65. The van der Waals surface area contributed by atoms with Crippen molar-refractivity contribution in [1.29, 1.82) is 0 Å². The van der Waals surface area contributed by atoms with Crippen LogP contribution in [0.4, 0.5) is 4.39 Å². The van der Waals surface area contributed by atoms with E-state index in [2.05, 4.69) is 19.9 Å². The molecule has 3 rings (SSSR count). The summed E-state index contributed by atoms with van der Waals surface area (Å²) in [6.07, 6.45) is 2.49. The average molecular weight is 449 g/mol. The number of halogens is 1. The Bertz CT molecular complexity index is 1010. The predicted molar refractivity (Wildman–Crippen MR) is 116 cm³/mol. The van der Waals surface area contributed by atoms with Crippen LogP contribution in [0.1, 0.15) is 43.2 Å². The van der Waals surface area contributed by atoms with Crippen molar-refractivity contribution in [3.05, 3.63) is 59.7 Å². The number of pyridine rings is 1. The van der Waals surface area contributed by atoms with Crippen LogP contribution in [-0.4, -0.2) is 49.4 Å². The number of carbonyl (C=O) groups excluding carboxylic acids is 1. The van der Waals surface area contributed by atoms with Gasteiger partial charge in [0.1, 0.15) is 5.82 Å². The fourth-order valence-corrected chi connectivity index (χ4v) is 5.06. The molecule has 1 fully saturated rings. The van der Waals surface area contributed by atoms with E-state index >= 15 is 0 Å². The number of amides is 1. The molecule has 31 heavy (non-hydrogen) atoms. The summed E-state index contributed by atoms with van der Waals surface area (Å²) in [6.45, 7) is 7.72.